The van der Waals surface area contributed by atoms with E-state index in [-0.39, 0.29) is 12.4 Å². The molecule has 3 aliphatic rings. The van der Waals surface area contributed by atoms with Gasteiger partial charge in [-0.3, -0.25) is 4.90 Å². The molecule has 3 fully saturated rings. The Morgan fingerprint density at radius 3 is 2.19 bits per heavy atom. The highest BCUT2D eigenvalue weighted by Gasteiger charge is 2.23. The second-order valence-corrected chi connectivity index (χ2v) is 7.31. The van der Waals surface area contributed by atoms with Crippen molar-refractivity contribution in [1.29, 1.82) is 0 Å². The van der Waals surface area contributed by atoms with Gasteiger partial charge in [0.15, 0.2) is 0 Å². The van der Waals surface area contributed by atoms with Crippen LogP contribution in [0.4, 0.5) is 11.6 Å². The Morgan fingerprint density at radius 1 is 0.923 bits per heavy atom. The number of anilines is 2. The zero-order valence-electron chi connectivity index (χ0n) is 15.5. The van der Waals surface area contributed by atoms with E-state index in [1.165, 1.54) is 32.5 Å². The van der Waals surface area contributed by atoms with Crippen LogP contribution in [-0.4, -0.2) is 87.0 Å². The van der Waals surface area contributed by atoms with E-state index in [0.29, 0.717) is 0 Å². The molecule has 4 rings (SSSR count). The first-order valence-corrected chi connectivity index (χ1v) is 9.71. The molecule has 0 spiro atoms. The van der Waals surface area contributed by atoms with Crippen molar-refractivity contribution in [2.24, 2.45) is 5.92 Å². The van der Waals surface area contributed by atoms with Crippen molar-refractivity contribution in [2.75, 3.05) is 81.9 Å². The third kappa shape index (κ3) is 4.97. The fourth-order valence-corrected chi connectivity index (χ4v) is 4.06. The molecule has 8 heteroatoms. The van der Waals surface area contributed by atoms with Crippen molar-refractivity contribution in [2.45, 2.75) is 12.8 Å². The van der Waals surface area contributed by atoms with Crippen LogP contribution in [-0.2, 0) is 4.74 Å². The molecule has 0 bridgehead atoms. The number of morpholine rings is 1. The zero-order chi connectivity index (χ0) is 16.9. The van der Waals surface area contributed by atoms with Gasteiger partial charge >= 0.3 is 0 Å². The summed E-state index contributed by atoms with van der Waals surface area (Å²) in [4.78, 5) is 16.3. The van der Waals surface area contributed by atoms with Gasteiger partial charge in [-0.05, 0) is 31.8 Å². The number of ether oxygens (including phenoxy) is 1. The molecule has 1 aromatic heterocycles. The lowest BCUT2D eigenvalue weighted by molar-refractivity contribution is 0.122. The van der Waals surface area contributed by atoms with E-state index in [1.54, 1.807) is 6.33 Å². The Balaban J connectivity index is 0.00000196. The highest BCUT2D eigenvalue weighted by molar-refractivity contribution is 5.85. The topological polar surface area (TPSA) is 56.8 Å². The van der Waals surface area contributed by atoms with E-state index in [9.17, 15) is 0 Å². The van der Waals surface area contributed by atoms with Gasteiger partial charge in [0.1, 0.15) is 18.0 Å². The van der Waals surface area contributed by atoms with Crippen molar-refractivity contribution < 1.29 is 4.74 Å². The normalized spacial score (nSPS) is 22.9. The molecule has 3 saturated heterocycles. The molecule has 3 aliphatic heterocycles. The lowest BCUT2D eigenvalue weighted by Gasteiger charge is -2.38. The number of aromatic nitrogens is 2. The maximum absolute atomic E-state index is 5.44. The van der Waals surface area contributed by atoms with E-state index >= 15 is 0 Å². The second-order valence-electron chi connectivity index (χ2n) is 7.31. The SMILES string of the molecule is Cl.c1nc(N2CCOCC2)cc(N2CCN(CC3CCNCC3)CC2)n1. The van der Waals surface area contributed by atoms with Crippen molar-refractivity contribution in [3.63, 3.8) is 0 Å². The van der Waals surface area contributed by atoms with Crippen LogP contribution in [0, 0.1) is 5.92 Å². The molecule has 0 saturated carbocycles. The van der Waals surface area contributed by atoms with Gasteiger partial charge in [-0.15, -0.1) is 12.4 Å². The van der Waals surface area contributed by atoms with Crippen LogP contribution in [0.1, 0.15) is 12.8 Å². The predicted molar refractivity (Wildman–Crippen MR) is 107 cm³/mol. The highest BCUT2D eigenvalue weighted by atomic mass is 35.5. The first-order chi connectivity index (χ1) is 12.4. The van der Waals surface area contributed by atoms with Crippen LogP contribution < -0.4 is 15.1 Å². The number of piperidine rings is 1. The largest absolute Gasteiger partial charge is 0.378 e. The molecule has 0 aliphatic carbocycles. The number of hydrogen-bond donors (Lipinski definition) is 1. The van der Waals surface area contributed by atoms with Crippen molar-refractivity contribution in [1.82, 2.24) is 20.2 Å². The molecular weight excluding hydrogens is 352 g/mol. The first-order valence-electron chi connectivity index (χ1n) is 9.71. The quantitative estimate of drug-likeness (QED) is 0.828. The lowest BCUT2D eigenvalue weighted by Crippen LogP contribution is -2.49. The van der Waals surface area contributed by atoms with Crippen molar-refractivity contribution >= 4 is 24.0 Å². The zero-order valence-corrected chi connectivity index (χ0v) is 16.3. The number of nitrogens with zero attached hydrogens (tertiary/aromatic N) is 5. The van der Waals surface area contributed by atoms with Gasteiger partial charge in [-0.2, -0.15) is 0 Å². The molecule has 26 heavy (non-hydrogen) atoms. The maximum atomic E-state index is 5.44. The number of halogens is 1. The van der Waals surface area contributed by atoms with Crippen LogP contribution in [0.25, 0.3) is 0 Å². The van der Waals surface area contributed by atoms with E-state index in [0.717, 1.165) is 70.0 Å². The van der Waals surface area contributed by atoms with E-state index in [1.807, 2.05) is 0 Å². The Hall–Kier alpha value is -1.15. The summed E-state index contributed by atoms with van der Waals surface area (Å²) >= 11 is 0. The summed E-state index contributed by atoms with van der Waals surface area (Å²) in [7, 11) is 0. The summed E-state index contributed by atoms with van der Waals surface area (Å²) < 4.78 is 5.44. The van der Waals surface area contributed by atoms with Crippen molar-refractivity contribution in [3.8, 4) is 0 Å². The molecule has 0 radical (unpaired) electrons. The number of hydrogen-bond acceptors (Lipinski definition) is 7. The molecule has 4 heterocycles. The van der Waals surface area contributed by atoms with Crippen molar-refractivity contribution in [3.05, 3.63) is 12.4 Å². The van der Waals surface area contributed by atoms with Crippen LogP contribution in [0.15, 0.2) is 12.4 Å². The number of rotatable bonds is 4. The van der Waals surface area contributed by atoms with Crippen LogP contribution >= 0.6 is 12.4 Å². The van der Waals surface area contributed by atoms with E-state index < -0.39 is 0 Å². The van der Waals surface area contributed by atoms with Gasteiger partial charge in [0.25, 0.3) is 0 Å². The first kappa shape index (κ1) is 19.6. The third-order valence-electron chi connectivity index (χ3n) is 5.64. The highest BCUT2D eigenvalue weighted by Crippen LogP contribution is 2.21. The summed E-state index contributed by atoms with van der Waals surface area (Å²) in [5, 5.41) is 3.46. The molecule has 1 N–H and O–H groups in total. The van der Waals surface area contributed by atoms with E-state index in [4.69, 9.17) is 4.74 Å². The Kier molecular flexibility index (Phi) is 7.31. The van der Waals surface area contributed by atoms with Gasteiger partial charge in [0, 0.05) is 51.9 Å². The molecule has 0 unspecified atom stereocenters. The van der Waals surface area contributed by atoms with Gasteiger partial charge in [-0.25, -0.2) is 9.97 Å². The molecule has 1 aromatic rings. The molecule has 0 aromatic carbocycles. The van der Waals surface area contributed by atoms with Crippen LogP contribution in [0.5, 0.6) is 0 Å². The average Bonchev–Trinajstić information content (AvgIpc) is 2.70. The second kappa shape index (κ2) is 9.69. The van der Waals surface area contributed by atoms with Gasteiger partial charge in [-0.1, -0.05) is 0 Å². The smallest absolute Gasteiger partial charge is 0.134 e. The Bertz CT molecular complexity index is 542. The lowest BCUT2D eigenvalue weighted by atomic mass is 9.97. The summed E-state index contributed by atoms with van der Waals surface area (Å²) in [6, 6.07) is 2.15. The standard InChI is InChI=1S/C18H30N6O.ClH/c1-3-19-4-2-16(1)14-22-5-7-23(8-6-22)17-13-18(21-15-20-17)24-9-11-25-12-10-24;/h13,15-16,19H,1-12,14H2;1H. The Labute approximate surface area is 162 Å². The minimum Gasteiger partial charge on any atom is -0.378 e. The fourth-order valence-electron chi connectivity index (χ4n) is 4.06. The fraction of sp³-hybridized carbons (Fsp3) is 0.778. The summed E-state index contributed by atoms with van der Waals surface area (Å²) in [6.45, 7) is 11.4. The van der Waals surface area contributed by atoms with Gasteiger partial charge in [0.2, 0.25) is 0 Å². The molecule has 0 amide bonds. The minimum atomic E-state index is 0. The molecular formula is C18H31ClN6O. The Morgan fingerprint density at radius 2 is 1.54 bits per heavy atom. The summed E-state index contributed by atoms with van der Waals surface area (Å²) in [5.41, 5.74) is 0. The van der Waals surface area contributed by atoms with Crippen LogP contribution in [0.2, 0.25) is 0 Å². The minimum absolute atomic E-state index is 0. The predicted octanol–water partition coefficient (Wildman–Crippen LogP) is 0.857. The third-order valence-corrected chi connectivity index (χ3v) is 5.64. The average molecular weight is 383 g/mol. The summed E-state index contributed by atoms with van der Waals surface area (Å²) in [5.74, 6) is 2.98. The molecule has 146 valence electrons. The van der Waals surface area contributed by atoms with E-state index in [2.05, 4.69) is 36.1 Å². The summed E-state index contributed by atoms with van der Waals surface area (Å²) in [6.07, 6.45) is 4.37. The monoisotopic (exact) mass is 382 g/mol. The number of piperazine rings is 1. The maximum Gasteiger partial charge on any atom is 0.134 e. The van der Waals surface area contributed by atoms with Gasteiger partial charge < -0.3 is 19.9 Å². The number of nitrogens with one attached hydrogen (secondary N) is 1. The van der Waals surface area contributed by atoms with Gasteiger partial charge in [0.05, 0.1) is 13.2 Å². The molecule has 0 atom stereocenters. The molecule has 7 nitrogen and oxygen atoms in total. The van der Waals surface area contributed by atoms with Crippen LogP contribution in [0.3, 0.4) is 0 Å².